The maximum atomic E-state index is 3.78. The van der Waals surface area contributed by atoms with Crippen LogP contribution >= 0.6 is 0 Å². The summed E-state index contributed by atoms with van der Waals surface area (Å²) in [6.07, 6.45) is 3.61. The molecule has 1 aromatic rings. The van der Waals surface area contributed by atoms with Gasteiger partial charge in [0.25, 0.3) is 0 Å². The van der Waals surface area contributed by atoms with E-state index in [1.54, 1.807) is 0 Å². The summed E-state index contributed by atoms with van der Waals surface area (Å²) in [6.45, 7) is 9.16. The molecule has 1 aliphatic rings. The van der Waals surface area contributed by atoms with Crippen LogP contribution in [0.15, 0.2) is 24.3 Å². The van der Waals surface area contributed by atoms with Crippen LogP contribution in [0.25, 0.3) is 0 Å². The summed E-state index contributed by atoms with van der Waals surface area (Å²) >= 11 is 0. The van der Waals surface area contributed by atoms with Gasteiger partial charge in [0.15, 0.2) is 0 Å². The average molecular weight is 231 g/mol. The van der Waals surface area contributed by atoms with Crippen molar-refractivity contribution in [2.45, 2.75) is 59.0 Å². The summed E-state index contributed by atoms with van der Waals surface area (Å²) in [6, 6.07) is 10.3. The summed E-state index contributed by atoms with van der Waals surface area (Å²) in [5.41, 5.74) is 3.37. The van der Waals surface area contributed by atoms with E-state index in [0.29, 0.717) is 17.5 Å². The third-order valence-electron chi connectivity index (χ3n) is 4.11. The maximum absolute atomic E-state index is 3.78. The fraction of sp³-hybridized carbons (Fsp3) is 0.625. The lowest BCUT2D eigenvalue weighted by Crippen LogP contribution is -2.25. The number of rotatable bonds is 5. The van der Waals surface area contributed by atoms with Gasteiger partial charge in [-0.15, -0.1) is 0 Å². The zero-order valence-electron chi connectivity index (χ0n) is 11.6. The highest BCUT2D eigenvalue weighted by Crippen LogP contribution is 2.45. The molecule has 1 N–H and O–H groups in total. The molecule has 2 rings (SSSR count). The molecule has 1 aliphatic carbocycles. The van der Waals surface area contributed by atoms with Crippen molar-refractivity contribution in [2.24, 2.45) is 5.41 Å². The second-order valence-corrected chi connectivity index (χ2v) is 5.97. The Hall–Kier alpha value is -0.820. The van der Waals surface area contributed by atoms with Gasteiger partial charge in [0, 0.05) is 12.1 Å². The van der Waals surface area contributed by atoms with E-state index in [4.69, 9.17) is 0 Å². The average Bonchev–Trinajstić information content (AvgIpc) is 2.94. The quantitative estimate of drug-likeness (QED) is 0.805. The van der Waals surface area contributed by atoms with Crippen LogP contribution in [0, 0.1) is 5.41 Å². The number of hydrogen-bond donors (Lipinski definition) is 1. The van der Waals surface area contributed by atoms with Gasteiger partial charge in [-0.05, 0) is 35.8 Å². The lowest BCUT2D eigenvalue weighted by atomic mass is 10.0. The second kappa shape index (κ2) is 4.81. The Labute approximate surface area is 106 Å². The minimum Gasteiger partial charge on any atom is -0.307 e. The highest BCUT2D eigenvalue weighted by molar-refractivity contribution is 5.25. The third kappa shape index (κ3) is 2.90. The summed E-state index contributed by atoms with van der Waals surface area (Å²) in [5, 5.41) is 3.78. The molecular formula is C16H25N. The van der Waals surface area contributed by atoms with Crippen LogP contribution in [0.1, 0.15) is 57.7 Å². The van der Waals surface area contributed by atoms with E-state index in [-0.39, 0.29) is 0 Å². The topological polar surface area (TPSA) is 12.0 Å². The number of nitrogens with one attached hydrogen (secondary N) is 1. The first-order valence-corrected chi connectivity index (χ1v) is 6.91. The van der Waals surface area contributed by atoms with Crippen molar-refractivity contribution in [1.82, 2.24) is 5.32 Å². The van der Waals surface area contributed by atoms with Crippen molar-refractivity contribution < 1.29 is 0 Å². The van der Waals surface area contributed by atoms with Crippen LogP contribution in [0.5, 0.6) is 0 Å². The van der Waals surface area contributed by atoms with E-state index >= 15 is 0 Å². The van der Waals surface area contributed by atoms with E-state index in [9.17, 15) is 0 Å². The van der Waals surface area contributed by atoms with E-state index in [0.717, 1.165) is 12.8 Å². The van der Waals surface area contributed by atoms with Gasteiger partial charge in [-0.1, -0.05) is 52.0 Å². The molecule has 1 aromatic carbocycles. The SMILES string of the molecule is CCc1ccc(C(CC)NC2CC2(C)C)cc1. The molecule has 0 aliphatic heterocycles. The van der Waals surface area contributed by atoms with Gasteiger partial charge in [0.05, 0.1) is 0 Å². The van der Waals surface area contributed by atoms with Gasteiger partial charge in [-0.3, -0.25) is 0 Å². The summed E-state index contributed by atoms with van der Waals surface area (Å²) in [5.74, 6) is 0. The van der Waals surface area contributed by atoms with Crippen LogP contribution in [-0.2, 0) is 6.42 Å². The molecule has 0 bridgehead atoms. The van der Waals surface area contributed by atoms with Crippen molar-refractivity contribution in [1.29, 1.82) is 0 Å². The normalized spacial score (nSPS) is 23.4. The Morgan fingerprint density at radius 1 is 1.24 bits per heavy atom. The number of hydrogen-bond acceptors (Lipinski definition) is 1. The second-order valence-electron chi connectivity index (χ2n) is 5.97. The van der Waals surface area contributed by atoms with Crippen LogP contribution in [0.3, 0.4) is 0 Å². The van der Waals surface area contributed by atoms with Gasteiger partial charge in [0.2, 0.25) is 0 Å². The Morgan fingerprint density at radius 3 is 2.24 bits per heavy atom. The summed E-state index contributed by atoms with van der Waals surface area (Å²) in [7, 11) is 0. The van der Waals surface area contributed by atoms with Gasteiger partial charge < -0.3 is 5.32 Å². The van der Waals surface area contributed by atoms with Crippen molar-refractivity contribution in [3.05, 3.63) is 35.4 Å². The molecule has 0 aromatic heterocycles. The third-order valence-corrected chi connectivity index (χ3v) is 4.11. The zero-order chi connectivity index (χ0) is 12.5. The molecule has 0 amide bonds. The zero-order valence-corrected chi connectivity index (χ0v) is 11.6. The minimum absolute atomic E-state index is 0.511. The molecule has 2 unspecified atom stereocenters. The van der Waals surface area contributed by atoms with E-state index < -0.39 is 0 Å². The first-order chi connectivity index (χ1) is 8.06. The Kier molecular flexibility index (Phi) is 3.58. The number of aryl methyl sites for hydroxylation is 1. The van der Waals surface area contributed by atoms with Crippen LogP contribution in [0.2, 0.25) is 0 Å². The maximum Gasteiger partial charge on any atom is 0.0320 e. The van der Waals surface area contributed by atoms with Crippen molar-refractivity contribution in [2.75, 3.05) is 0 Å². The van der Waals surface area contributed by atoms with E-state index in [1.807, 2.05) is 0 Å². The summed E-state index contributed by atoms with van der Waals surface area (Å²) < 4.78 is 0. The monoisotopic (exact) mass is 231 g/mol. The van der Waals surface area contributed by atoms with Gasteiger partial charge in [-0.25, -0.2) is 0 Å². The molecule has 1 heteroatoms. The minimum atomic E-state index is 0.511. The first-order valence-electron chi connectivity index (χ1n) is 6.91. The van der Waals surface area contributed by atoms with Crippen LogP contribution in [-0.4, -0.2) is 6.04 Å². The Morgan fingerprint density at radius 2 is 1.82 bits per heavy atom. The highest BCUT2D eigenvalue weighted by Gasteiger charge is 2.46. The fourth-order valence-electron chi connectivity index (χ4n) is 2.43. The molecule has 1 nitrogen and oxygen atoms in total. The smallest absolute Gasteiger partial charge is 0.0320 e. The van der Waals surface area contributed by atoms with Crippen LogP contribution < -0.4 is 5.32 Å². The molecule has 0 spiro atoms. The van der Waals surface area contributed by atoms with E-state index in [1.165, 1.54) is 17.5 Å². The molecule has 17 heavy (non-hydrogen) atoms. The Bertz CT molecular complexity index is 364. The van der Waals surface area contributed by atoms with E-state index in [2.05, 4.69) is 57.3 Å². The van der Waals surface area contributed by atoms with Crippen molar-refractivity contribution in [3.63, 3.8) is 0 Å². The van der Waals surface area contributed by atoms with Gasteiger partial charge >= 0.3 is 0 Å². The van der Waals surface area contributed by atoms with Crippen LogP contribution in [0.4, 0.5) is 0 Å². The largest absolute Gasteiger partial charge is 0.307 e. The molecule has 1 saturated carbocycles. The Balaban J connectivity index is 2.02. The molecule has 0 saturated heterocycles. The molecule has 1 fully saturated rings. The molecule has 0 heterocycles. The van der Waals surface area contributed by atoms with Gasteiger partial charge in [-0.2, -0.15) is 0 Å². The first kappa shape index (κ1) is 12.6. The molecule has 94 valence electrons. The van der Waals surface area contributed by atoms with Gasteiger partial charge in [0.1, 0.15) is 0 Å². The standard InChI is InChI=1S/C16H25N/c1-5-12-7-9-13(10-8-12)14(6-2)17-15-11-16(15,3)4/h7-10,14-15,17H,5-6,11H2,1-4H3. The fourth-order valence-corrected chi connectivity index (χ4v) is 2.43. The predicted octanol–water partition coefficient (Wildman–Crippen LogP) is 4.09. The molecule has 0 radical (unpaired) electrons. The van der Waals surface area contributed by atoms with Crippen molar-refractivity contribution in [3.8, 4) is 0 Å². The predicted molar refractivity (Wildman–Crippen MR) is 74.2 cm³/mol. The lowest BCUT2D eigenvalue weighted by Gasteiger charge is -2.19. The number of benzene rings is 1. The summed E-state index contributed by atoms with van der Waals surface area (Å²) in [4.78, 5) is 0. The highest BCUT2D eigenvalue weighted by atomic mass is 15.0. The van der Waals surface area contributed by atoms with Crippen molar-refractivity contribution >= 4 is 0 Å². The molecular weight excluding hydrogens is 206 g/mol. The lowest BCUT2D eigenvalue weighted by molar-refractivity contribution is 0.461. The molecule has 2 atom stereocenters.